The van der Waals surface area contributed by atoms with Crippen LogP contribution in [0.25, 0.3) is 0 Å². The summed E-state index contributed by atoms with van der Waals surface area (Å²) in [6.45, 7) is 1.85. The van der Waals surface area contributed by atoms with E-state index in [1.54, 1.807) is 25.3 Å². The van der Waals surface area contributed by atoms with E-state index in [1.807, 2.05) is 0 Å². The average molecular weight is 423 g/mol. The van der Waals surface area contributed by atoms with Crippen LogP contribution in [0.5, 0.6) is 5.75 Å². The number of nitrogens with zero attached hydrogens (tertiary/aromatic N) is 1. The van der Waals surface area contributed by atoms with Gasteiger partial charge >= 0.3 is 6.03 Å². The summed E-state index contributed by atoms with van der Waals surface area (Å²) in [6, 6.07) is 5.55. The van der Waals surface area contributed by atoms with E-state index in [0.29, 0.717) is 29.0 Å². The second-order valence-electron chi connectivity index (χ2n) is 7.90. The standard InChI is InChI=1S/C21H31ClN4O3/c1-29-19-8-7-15(22)13-18(19)25-20(27)14-26-11-9-17(10-12-26)24-21(28)23-16-5-3-2-4-6-16/h7-8,13,16-17H,2-6,9-12,14H2,1H3,(H,25,27)(H2,23,24,28). The highest BCUT2D eigenvalue weighted by molar-refractivity contribution is 6.31. The quantitative estimate of drug-likeness (QED) is 0.656. The van der Waals surface area contributed by atoms with Gasteiger partial charge in [0.05, 0.1) is 19.3 Å². The SMILES string of the molecule is COc1ccc(Cl)cc1NC(=O)CN1CCC(NC(=O)NC2CCCCC2)CC1. The number of benzene rings is 1. The summed E-state index contributed by atoms with van der Waals surface area (Å²) >= 11 is 6.01. The zero-order chi connectivity index (χ0) is 20.6. The molecule has 29 heavy (non-hydrogen) atoms. The molecular weight excluding hydrogens is 392 g/mol. The van der Waals surface area contributed by atoms with Gasteiger partial charge in [0.25, 0.3) is 0 Å². The number of amides is 3. The minimum Gasteiger partial charge on any atom is -0.495 e. The van der Waals surface area contributed by atoms with E-state index in [4.69, 9.17) is 16.3 Å². The number of halogens is 1. The van der Waals surface area contributed by atoms with Gasteiger partial charge in [0, 0.05) is 30.2 Å². The molecule has 0 bridgehead atoms. The molecule has 1 saturated heterocycles. The molecule has 2 fully saturated rings. The molecule has 3 rings (SSSR count). The van der Waals surface area contributed by atoms with Crippen LogP contribution in [-0.4, -0.2) is 55.7 Å². The maximum Gasteiger partial charge on any atom is 0.315 e. The zero-order valence-electron chi connectivity index (χ0n) is 17.0. The van der Waals surface area contributed by atoms with Crippen molar-refractivity contribution in [1.29, 1.82) is 0 Å². The number of hydrogen-bond acceptors (Lipinski definition) is 4. The predicted octanol–water partition coefficient (Wildman–Crippen LogP) is 3.38. The van der Waals surface area contributed by atoms with Gasteiger partial charge in [-0.2, -0.15) is 0 Å². The normalized spacial score (nSPS) is 18.8. The first-order valence-electron chi connectivity index (χ1n) is 10.5. The Morgan fingerprint density at radius 2 is 1.72 bits per heavy atom. The molecule has 0 spiro atoms. The lowest BCUT2D eigenvalue weighted by Gasteiger charge is -2.32. The summed E-state index contributed by atoms with van der Waals surface area (Å²) in [6.07, 6.45) is 7.52. The molecule has 160 valence electrons. The van der Waals surface area contributed by atoms with Crippen molar-refractivity contribution in [3.8, 4) is 5.75 Å². The Bertz CT molecular complexity index is 701. The largest absolute Gasteiger partial charge is 0.495 e. The fourth-order valence-electron chi connectivity index (χ4n) is 4.07. The van der Waals surface area contributed by atoms with Crippen LogP contribution in [0.15, 0.2) is 18.2 Å². The number of ether oxygens (including phenoxy) is 1. The van der Waals surface area contributed by atoms with Crippen LogP contribution < -0.4 is 20.7 Å². The Kier molecular flexibility index (Phi) is 8.00. The number of carbonyl (C=O) groups excluding carboxylic acids is 2. The van der Waals surface area contributed by atoms with E-state index in [9.17, 15) is 9.59 Å². The average Bonchev–Trinajstić information content (AvgIpc) is 2.70. The van der Waals surface area contributed by atoms with Crippen LogP contribution in [0.3, 0.4) is 0 Å². The van der Waals surface area contributed by atoms with Crippen molar-refractivity contribution in [1.82, 2.24) is 15.5 Å². The Morgan fingerprint density at radius 1 is 1.07 bits per heavy atom. The van der Waals surface area contributed by atoms with Gasteiger partial charge in [-0.1, -0.05) is 30.9 Å². The summed E-state index contributed by atoms with van der Waals surface area (Å²) in [5.41, 5.74) is 0.570. The fraction of sp³-hybridized carbons (Fsp3) is 0.619. The third-order valence-electron chi connectivity index (χ3n) is 5.67. The Balaban J connectivity index is 1.38. The highest BCUT2D eigenvalue weighted by Crippen LogP contribution is 2.27. The molecule has 1 aliphatic carbocycles. The number of anilines is 1. The molecule has 8 heteroatoms. The molecular formula is C21H31ClN4O3. The Labute approximate surface area is 177 Å². The van der Waals surface area contributed by atoms with E-state index in [1.165, 1.54) is 19.3 Å². The number of carbonyl (C=O) groups is 2. The van der Waals surface area contributed by atoms with Gasteiger partial charge in [0.15, 0.2) is 0 Å². The van der Waals surface area contributed by atoms with E-state index in [-0.39, 0.29) is 18.0 Å². The molecule has 0 atom stereocenters. The van der Waals surface area contributed by atoms with Gasteiger partial charge in [-0.3, -0.25) is 9.69 Å². The highest BCUT2D eigenvalue weighted by Gasteiger charge is 2.23. The predicted molar refractivity (Wildman–Crippen MR) is 115 cm³/mol. The van der Waals surface area contributed by atoms with Gasteiger partial charge in [-0.05, 0) is 43.9 Å². The monoisotopic (exact) mass is 422 g/mol. The van der Waals surface area contributed by atoms with Crippen LogP contribution in [0.2, 0.25) is 5.02 Å². The van der Waals surface area contributed by atoms with Crippen LogP contribution in [0, 0.1) is 0 Å². The van der Waals surface area contributed by atoms with Crippen molar-refractivity contribution < 1.29 is 14.3 Å². The van der Waals surface area contributed by atoms with Crippen molar-refractivity contribution in [2.45, 2.75) is 57.0 Å². The van der Waals surface area contributed by atoms with Gasteiger partial charge < -0.3 is 20.7 Å². The fourth-order valence-corrected chi connectivity index (χ4v) is 4.24. The molecule has 0 unspecified atom stereocenters. The summed E-state index contributed by atoms with van der Waals surface area (Å²) in [5, 5.41) is 9.60. The number of methoxy groups -OCH3 is 1. The zero-order valence-corrected chi connectivity index (χ0v) is 17.8. The molecule has 3 N–H and O–H groups in total. The van der Waals surface area contributed by atoms with Crippen LogP contribution in [0.1, 0.15) is 44.9 Å². The van der Waals surface area contributed by atoms with E-state index in [2.05, 4.69) is 20.9 Å². The highest BCUT2D eigenvalue weighted by atomic mass is 35.5. The molecule has 1 heterocycles. The van der Waals surface area contributed by atoms with E-state index >= 15 is 0 Å². The molecule has 0 aromatic heterocycles. The lowest BCUT2D eigenvalue weighted by Crippen LogP contribution is -2.51. The minimum absolute atomic E-state index is 0.0545. The van der Waals surface area contributed by atoms with Crippen molar-refractivity contribution in [3.05, 3.63) is 23.2 Å². The second-order valence-corrected chi connectivity index (χ2v) is 8.33. The Hall–Kier alpha value is -1.99. The number of rotatable bonds is 6. The van der Waals surface area contributed by atoms with Crippen molar-refractivity contribution in [2.75, 3.05) is 32.1 Å². The topological polar surface area (TPSA) is 82.7 Å². The third kappa shape index (κ3) is 6.78. The maximum absolute atomic E-state index is 12.4. The number of likely N-dealkylation sites (tertiary alicyclic amines) is 1. The lowest BCUT2D eigenvalue weighted by atomic mass is 9.96. The number of piperidine rings is 1. The second kappa shape index (κ2) is 10.7. The Morgan fingerprint density at radius 3 is 2.38 bits per heavy atom. The van der Waals surface area contributed by atoms with E-state index in [0.717, 1.165) is 38.8 Å². The van der Waals surface area contributed by atoms with Gasteiger partial charge in [-0.15, -0.1) is 0 Å². The van der Waals surface area contributed by atoms with Crippen LogP contribution in [-0.2, 0) is 4.79 Å². The number of urea groups is 1. The molecule has 1 saturated carbocycles. The molecule has 2 aliphatic rings. The smallest absolute Gasteiger partial charge is 0.315 e. The summed E-state index contributed by atoms with van der Waals surface area (Å²) < 4.78 is 5.26. The molecule has 3 amide bonds. The summed E-state index contributed by atoms with van der Waals surface area (Å²) in [4.78, 5) is 26.7. The van der Waals surface area contributed by atoms with Crippen LogP contribution >= 0.6 is 11.6 Å². The molecule has 7 nitrogen and oxygen atoms in total. The maximum atomic E-state index is 12.4. The van der Waals surface area contributed by atoms with Crippen molar-refractivity contribution in [2.24, 2.45) is 0 Å². The third-order valence-corrected chi connectivity index (χ3v) is 5.90. The molecule has 1 aromatic carbocycles. The summed E-state index contributed by atoms with van der Waals surface area (Å²) in [5.74, 6) is 0.474. The molecule has 0 radical (unpaired) electrons. The van der Waals surface area contributed by atoms with Gasteiger partial charge in [0.1, 0.15) is 5.75 Å². The van der Waals surface area contributed by atoms with E-state index < -0.39 is 0 Å². The lowest BCUT2D eigenvalue weighted by molar-refractivity contribution is -0.117. The van der Waals surface area contributed by atoms with Gasteiger partial charge in [0.2, 0.25) is 5.91 Å². The molecule has 1 aromatic rings. The number of hydrogen-bond donors (Lipinski definition) is 3. The summed E-state index contributed by atoms with van der Waals surface area (Å²) in [7, 11) is 1.56. The van der Waals surface area contributed by atoms with Crippen molar-refractivity contribution >= 4 is 29.2 Å². The first-order chi connectivity index (χ1) is 14.0. The first-order valence-corrected chi connectivity index (χ1v) is 10.8. The van der Waals surface area contributed by atoms with Crippen molar-refractivity contribution in [3.63, 3.8) is 0 Å². The van der Waals surface area contributed by atoms with Crippen LogP contribution in [0.4, 0.5) is 10.5 Å². The molecule has 1 aliphatic heterocycles. The first kappa shape index (κ1) is 21.7. The van der Waals surface area contributed by atoms with Gasteiger partial charge in [-0.25, -0.2) is 4.79 Å². The minimum atomic E-state index is -0.105. The number of nitrogens with one attached hydrogen (secondary N) is 3.